The van der Waals surface area contributed by atoms with Crippen LogP contribution in [-0.4, -0.2) is 13.1 Å². The lowest BCUT2D eigenvalue weighted by Crippen LogP contribution is -2.23. The molecule has 0 aromatic heterocycles. The molecule has 0 saturated carbocycles. The molecule has 4 heteroatoms. The first-order valence-corrected chi connectivity index (χ1v) is 6.92. The Bertz CT molecular complexity index is 584. The van der Waals surface area contributed by atoms with Crippen molar-refractivity contribution in [3.63, 3.8) is 0 Å². The van der Waals surface area contributed by atoms with Gasteiger partial charge in [-0.2, -0.15) is 0 Å². The fourth-order valence-electron chi connectivity index (χ4n) is 2.00. The van der Waals surface area contributed by atoms with Gasteiger partial charge in [0, 0.05) is 11.6 Å². The van der Waals surface area contributed by atoms with Gasteiger partial charge in [0.05, 0.1) is 0 Å². The van der Waals surface area contributed by atoms with E-state index < -0.39 is 11.6 Å². The second-order valence-corrected chi connectivity index (χ2v) is 5.04. The highest BCUT2D eigenvalue weighted by Crippen LogP contribution is 2.17. The number of halogens is 2. The lowest BCUT2D eigenvalue weighted by molar-refractivity contribution is 0.297. The van der Waals surface area contributed by atoms with Gasteiger partial charge in [-0.15, -0.1) is 0 Å². The van der Waals surface area contributed by atoms with Gasteiger partial charge in [0.1, 0.15) is 12.4 Å². The number of nitrogens with one attached hydrogen (secondary N) is 1. The number of hydrogen-bond acceptors (Lipinski definition) is 2. The van der Waals surface area contributed by atoms with Gasteiger partial charge in [-0.25, -0.2) is 8.78 Å². The van der Waals surface area contributed by atoms with Crippen LogP contribution in [0.25, 0.3) is 0 Å². The minimum Gasteiger partial charge on any atom is -0.489 e. The molecule has 21 heavy (non-hydrogen) atoms. The van der Waals surface area contributed by atoms with E-state index >= 15 is 0 Å². The average Bonchev–Trinajstić information content (AvgIpc) is 2.50. The minimum atomic E-state index is -0.854. The summed E-state index contributed by atoms with van der Waals surface area (Å²) in [5.74, 6) is -1.07. The lowest BCUT2D eigenvalue weighted by Gasteiger charge is -2.11. The van der Waals surface area contributed by atoms with Gasteiger partial charge in [0.25, 0.3) is 0 Å². The Labute approximate surface area is 123 Å². The molecule has 0 aliphatic heterocycles. The predicted octanol–water partition coefficient (Wildman–Crippen LogP) is 3.69. The molecular weight excluding hydrogens is 272 g/mol. The molecule has 1 atom stereocenters. The molecule has 2 aromatic rings. The highest BCUT2D eigenvalue weighted by molar-refractivity contribution is 5.28. The van der Waals surface area contributed by atoms with Crippen LogP contribution in [0.15, 0.2) is 42.5 Å². The van der Waals surface area contributed by atoms with Crippen LogP contribution in [0.3, 0.4) is 0 Å². The molecule has 0 fully saturated rings. The molecule has 2 rings (SSSR count). The zero-order valence-electron chi connectivity index (χ0n) is 12.2. The van der Waals surface area contributed by atoms with Crippen LogP contribution in [0.2, 0.25) is 0 Å². The van der Waals surface area contributed by atoms with Crippen molar-refractivity contribution in [2.75, 3.05) is 7.05 Å². The van der Waals surface area contributed by atoms with Crippen molar-refractivity contribution in [1.82, 2.24) is 5.32 Å². The fraction of sp³-hybridized carbons (Fsp3) is 0.294. The molecule has 1 unspecified atom stereocenters. The summed E-state index contributed by atoms with van der Waals surface area (Å²) in [7, 11) is 1.93. The second kappa shape index (κ2) is 7.18. The van der Waals surface area contributed by atoms with Crippen molar-refractivity contribution in [2.45, 2.75) is 26.0 Å². The molecule has 0 heterocycles. The maximum Gasteiger partial charge on any atom is 0.165 e. The van der Waals surface area contributed by atoms with E-state index in [1.54, 1.807) is 0 Å². The van der Waals surface area contributed by atoms with Crippen LogP contribution in [-0.2, 0) is 13.0 Å². The first-order chi connectivity index (χ1) is 10.1. The van der Waals surface area contributed by atoms with Crippen LogP contribution < -0.4 is 10.1 Å². The summed E-state index contributed by atoms with van der Waals surface area (Å²) in [4.78, 5) is 0. The molecule has 2 nitrogen and oxygen atoms in total. The molecule has 112 valence electrons. The van der Waals surface area contributed by atoms with Crippen molar-refractivity contribution in [3.8, 4) is 5.75 Å². The fourth-order valence-corrected chi connectivity index (χ4v) is 2.00. The van der Waals surface area contributed by atoms with E-state index in [1.165, 1.54) is 17.7 Å². The summed E-state index contributed by atoms with van der Waals surface area (Å²) in [5, 5.41) is 3.18. The number of likely N-dealkylation sites (N-methyl/N-ethyl adjacent to an activating group) is 1. The van der Waals surface area contributed by atoms with Crippen LogP contribution in [0.4, 0.5) is 8.78 Å². The highest BCUT2D eigenvalue weighted by Gasteiger charge is 2.08. The summed E-state index contributed by atoms with van der Waals surface area (Å²) in [6.45, 7) is 2.12. The molecule has 0 amide bonds. The molecule has 0 aliphatic carbocycles. The maximum atomic E-state index is 13.5. The summed E-state index contributed by atoms with van der Waals surface area (Å²) >= 11 is 0. The lowest BCUT2D eigenvalue weighted by atomic mass is 10.1. The number of benzene rings is 2. The van der Waals surface area contributed by atoms with Gasteiger partial charge in [0.15, 0.2) is 11.6 Å². The summed E-state index contributed by atoms with van der Waals surface area (Å²) in [6, 6.07) is 12.1. The average molecular weight is 291 g/mol. The third-order valence-corrected chi connectivity index (χ3v) is 3.38. The maximum absolute atomic E-state index is 13.5. The van der Waals surface area contributed by atoms with Crippen molar-refractivity contribution in [3.05, 3.63) is 65.2 Å². The number of hydrogen-bond donors (Lipinski definition) is 1. The molecular formula is C17H19F2NO. The van der Waals surface area contributed by atoms with Gasteiger partial charge in [-0.05, 0) is 44.2 Å². The van der Waals surface area contributed by atoms with E-state index in [0.29, 0.717) is 11.8 Å². The SMILES string of the molecule is CNC(C)Cc1ccc(OCc2cccc(F)c2F)cc1. The van der Waals surface area contributed by atoms with Crippen molar-refractivity contribution in [2.24, 2.45) is 0 Å². The first-order valence-electron chi connectivity index (χ1n) is 6.92. The van der Waals surface area contributed by atoms with Crippen LogP contribution in [0.5, 0.6) is 5.75 Å². The third kappa shape index (κ3) is 4.26. The van der Waals surface area contributed by atoms with Gasteiger partial charge in [-0.3, -0.25) is 0 Å². The van der Waals surface area contributed by atoms with E-state index in [-0.39, 0.29) is 12.2 Å². The van der Waals surface area contributed by atoms with E-state index in [1.807, 2.05) is 31.3 Å². The van der Waals surface area contributed by atoms with Gasteiger partial charge in [-0.1, -0.05) is 24.3 Å². The molecule has 0 spiro atoms. The Morgan fingerprint density at radius 3 is 2.48 bits per heavy atom. The second-order valence-electron chi connectivity index (χ2n) is 5.04. The summed E-state index contributed by atoms with van der Waals surface area (Å²) in [6.07, 6.45) is 0.926. The third-order valence-electron chi connectivity index (χ3n) is 3.38. The Kier molecular flexibility index (Phi) is 5.28. The zero-order valence-corrected chi connectivity index (χ0v) is 12.2. The Balaban J connectivity index is 1.96. The van der Waals surface area contributed by atoms with Crippen molar-refractivity contribution >= 4 is 0 Å². The Morgan fingerprint density at radius 1 is 1.10 bits per heavy atom. The van der Waals surface area contributed by atoms with Crippen LogP contribution in [0, 0.1) is 11.6 Å². The minimum absolute atomic E-state index is 0.00978. The summed E-state index contributed by atoms with van der Waals surface area (Å²) < 4.78 is 32.1. The Morgan fingerprint density at radius 2 is 1.81 bits per heavy atom. The normalized spacial score (nSPS) is 12.2. The van der Waals surface area contributed by atoms with Crippen LogP contribution >= 0.6 is 0 Å². The predicted molar refractivity (Wildman–Crippen MR) is 79.4 cm³/mol. The molecule has 0 saturated heterocycles. The highest BCUT2D eigenvalue weighted by atomic mass is 19.2. The van der Waals surface area contributed by atoms with Gasteiger partial charge in [0.2, 0.25) is 0 Å². The largest absolute Gasteiger partial charge is 0.489 e. The van der Waals surface area contributed by atoms with Crippen molar-refractivity contribution < 1.29 is 13.5 Å². The van der Waals surface area contributed by atoms with Gasteiger partial charge >= 0.3 is 0 Å². The molecule has 2 aromatic carbocycles. The summed E-state index contributed by atoms with van der Waals surface area (Å²) in [5.41, 5.74) is 1.41. The molecule has 0 radical (unpaired) electrons. The number of ether oxygens (including phenoxy) is 1. The van der Waals surface area contributed by atoms with E-state index in [2.05, 4.69) is 12.2 Å². The molecule has 0 aliphatic rings. The van der Waals surface area contributed by atoms with E-state index in [9.17, 15) is 8.78 Å². The topological polar surface area (TPSA) is 21.3 Å². The van der Waals surface area contributed by atoms with E-state index in [4.69, 9.17) is 4.74 Å². The van der Waals surface area contributed by atoms with Crippen LogP contribution in [0.1, 0.15) is 18.1 Å². The molecule has 1 N–H and O–H groups in total. The number of rotatable bonds is 6. The quantitative estimate of drug-likeness (QED) is 0.876. The van der Waals surface area contributed by atoms with E-state index in [0.717, 1.165) is 12.5 Å². The Hall–Kier alpha value is -1.94. The van der Waals surface area contributed by atoms with Crippen molar-refractivity contribution in [1.29, 1.82) is 0 Å². The molecule has 0 bridgehead atoms. The first kappa shape index (κ1) is 15.4. The zero-order chi connectivity index (χ0) is 15.2. The smallest absolute Gasteiger partial charge is 0.165 e. The van der Waals surface area contributed by atoms with Gasteiger partial charge < -0.3 is 10.1 Å². The standard InChI is InChI=1S/C17H19F2NO/c1-12(20-2)10-13-6-8-15(9-7-13)21-11-14-4-3-5-16(18)17(14)19/h3-9,12,20H,10-11H2,1-2H3. The monoisotopic (exact) mass is 291 g/mol.